The number of rotatable bonds is 4. The van der Waals surface area contributed by atoms with Gasteiger partial charge in [0.05, 0.1) is 5.02 Å². The summed E-state index contributed by atoms with van der Waals surface area (Å²) < 4.78 is 1.24. The molecular formula is C16H15ClN2S. The first kappa shape index (κ1) is 13.6. The minimum atomic E-state index is 0.784. The second kappa shape index (κ2) is 5.92. The Balaban J connectivity index is 1.71. The normalized spacial score (nSPS) is 11.1. The average Bonchev–Trinajstić information content (AvgIpc) is 2.78. The van der Waals surface area contributed by atoms with Crippen LogP contribution in [0.15, 0.2) is 42.7 Å². The zero-order valence-corrected chi connectivity index (χ0v) is 12.8. The number of hydrogen-bond acceptors (Lipinski definition) is 3. The fourth-order valence-corrected chi connectivity index (χ4v) is 3.64. The van der Waals surface area contributed by atoms with Crippen molar-refractivity contribution in [2.24, 2.45) is 0 Å². The Bertz CT molecular complexity index is 736. The van der Waals surface area contributed by atoms with Crippen LogP contribution in [0, 0.1) is 6.92 Å². The quantitative estimate of drug-likeness (QED) is 0.765. The molecular weight excluding hydrogens is 288 g/mol. The van der Waals surface area contributed by atoms with E-state index in [0.29, 0.717) is 0 Å². The first-order valence-electron chi connectivity index (χ1n) is 6.52. The maximum absolute atomic E-state index is 6.43. The van der Waals surface area contributed by atoms with Crippen LogP contribution in [0.1, 0.15) is 16.0 Å². The van der Waals surface area contributed by atoms with Crippen LogP contribution in [0.2, 0.25) is 5.02 Å². The van der Waals surface area contributed by atoms with E-state index in [-0.39, 0.29) is 0 Å². The molecule has 20 heavy (non-hydrogen) atoms. The summed E-state index contributed by atoms with van der Waals surface area (Å²) >= 11 is 8.18. The Morgan fingerprint density at radius 2 is 2.05 bits per heavy atom. The first-order chi connectivity index (χ1) is 9.75. The molecule has 0 bridgehead atoms. The SMILES string of the molecule is Cc1ccncc1CNCc1sc2ccccc2c1Cl. The van der Waals surface area contributed by atoms with Crippen molar-refractivity contribution in [1.29, 1.82) is 0 Å². The lowest BCUT2D eigenvalue weighted by Gasteiger charge is -2.06. The number of halogens is 1. The zero-order chi connectivity index (χ0) is 13.9. The van der Waals surface area contributed by atoms with E-state index in [9.17, 15) is 0 Å². The summed E-state index contributed by atoms with van der Waals surface area (Å²) in [5, 5.41) is 5.47. The van der Waals surface area contributed by atoms with E-state index in [0.717, 1.165) is 23.5 Å². The van der Waals surface area contributed by atoms with Gasteiger partial charge < -0.3 is 5.32 Å². The van der Waals surface area contributed by atoms with Gasteiger partial charge in [-0.15, -0.1) is 11.3 Å². The van der Waals surface area contributed by atoms with Crippen LogP contribution in [-0.2, 0) is 13.1 Å². The second-order valence-electron chi connectivity index (χ2n) is 4.74. The minimum Gasteiger partial charge on any atom is -0.308 e. The molecule has 1 N–H and O–H groups in total. The molecule has 2 heterocycles. The summed E-state index contributed by atoms with van der Waals surface area (Å²) in [5.41, 5.74) is 2.49. The molecule has 0 fully saturated rings. The molecule has 3 rings (SSSR count). The number of fused-ring (bicyclic) bond motifs is 1. The highest BCUT2D eigenvalue weighted by Gasteiger charge is 2.09. The van der Waals surface area contributed by atoms with Crippen molar-refractivity contribution in [3.8, 4) is 0 Å². The summed E-state index contributed by atoms with van der Waals surface area (Å²) in [6, 6.07) is 10.3. The number of pyridine rings is 1. The lowest BCUT2D eigenvalue weighted by atomic mass is 10.1. The number of nitrogens with one attached hydrogen (secondary N) is 1. The van der Waals surface area contributed by atoms with Gasteiger partial charge in [-0.1, -0.05) is 29.8 Å². The van der Waals surface area contributed by atoms with Crippen LogP contribution in [0.3, 0.4) is 0 Å². The molecule has 2 aromatic heterocycles. The van der Waals surface area contributed by atoms with E-state index < -0.39 is 0 Å². The third kappa shape index (κ3) is 2.70. The van der Waals surface area contributed by atoms with E-state index in [2.05, 4.69) is 29.4 Å². The van der Waals surface area contributed by atoms with Crippen LogP contribution < -0.4 is 5.32 Å². The molecule has 0 saturated heterocycles. The molecule has 2 nitrogen and oxygen atoms in total. The van der Waals surface area contributed by atoms with Gasteiger partial charge >= 0.3 is 0 Å². The fraction of sp³-hybridized carbons (Fsp3) is 0.188. The predicted octanol–water partition coefficient (Wildman–Crippen LogP) is 4.55. The smallest absolute Gasteiger partial charge is 0.0636 e. The van der Waals surface area contributed by atoms with Crippen molar-refractivity contribution in [2.45, 2.75) is 20.0 Å². The molecule has 0 radical (unpaired) electrons. The monoisotopic (exact) mass is 302 g/mol. The van der Waals surface area contributed by atoms with Crippen LogP contribution in [0.4, 0.5) is 0 Å². The van der Waals surface area contributed by atoms with Crippen LogP contribution in [0.5, 0.6) is 0 Å². The number of aromatic nitrogens is 1. The van der Waals surface area contributed by atoms with Crippen molar-refractivity contribution in [3.05, 3.63) is 63.8 Å². The van der Waals surface area contributed by atoms with Gasteiger partial charge in [-0.3, -0.25) is 4.98 Å². The Morgan fingerprint density at radius 3 is 2.85 bits per heavy atom. The number of hydrogen-bond donors (Lipinski definition) is 1. The highest BCUT2D eigenvalue weighted by atomic mass is 35.5. The summed E-state index contributed by atoms with van der Waals surface area (Å²) in [7, 11) is 0. The van der Waals surface area contributed by atoms with Crippen molar-refractivity contribution < 1.29 is 0 Å². The van der Waals surface area contributed by atoms with Crippen molar-refractivity contribution >= 4 is 33.0 Å². The van der Waals surface area contributed by atoms with Crippen molar-refractivity contribution in [2.75, 3.05) is 0 Å². The van der Waals surface area contributed by atoms with Gasteiger partial charge in [0.25, 0.3) is 0 Å². The summed E-state index contributed by atoms with van der Waals surface area (Å²) in [6.45, 7) is 3.70. The van der Waals surface area contributed by atoms with Gasteiger partial charge in [-0.2, -0.15) is 0 Å². The van der Waals surface area contributed by atoms with Gasteiger partial charge in [0.15, 0.2) is 0 Å². The fourth-order valence-electron chi connectivity index (χ4n) is 2.17. The van der Waals surface area contributed by atoms with Gasteiger partial charge in [0, 0.05) is 40.4 Å². The minimum absolute atomic E-state index is 0.784. The zero-order valence-electron chi connectivity index (χ0n) is 11.2. The Hall–Kier alpha value is -1.42. The van der Waals surface area contributed by atoms with E-state index in [1.807, 2.05) is 30.6 Å². The summed E-state index contributed by atoms with van der Waals surface area (Å²) in [6.07, 6.45) is 3.73. The van der Waals surface area contributed by atoms with Gasteiger partial charge in [0.2, 0.25) is 0 Å². The van der Waals surface area contributed by atoms with E-state index in [1.54, 1.807) is 11.3 Å². The molecule has 102 valence electrons. The van der Waals surface area contributed by atoms with Gasteiger partial charge in [-0.25, -0.2) is 0 Å². The van der Waals surface area contributed by atoms with Crippen LogP contribution >= 0.6 is 22.9 Å². The molecule has 0 unspecified atom stereocenters. The Labute approximate surface area is 127 Å². The number of benzene rings is 1. The maximum Gasteiger partial charge on any atom is 0.0636 e. The number of aryl methyl sites for hydroxylation is 1. The van der Waals surface area contributed by atoms with Gasteiger partial charge in [0.1, 0.15) is 0 Å². The molecule has 0 aliphatic heterocycles. The highest BCUT2D eigenvalue weighted by Crippen LogP contribution is 2.34. The van der Waals surface area contributed by atoms with E-state index in [1.165, 1.54) is 20.7 Å². The summed E-state index contributed by atoms with van der Waals surface area (Å²) in [4.78, 5) is 5.35. The average molecular weight is 303 g/mol. The first-order valence-corrected chi connectivity index (χ1v) is 7.71. The maximum atomic E-state index is 6.43. The number of thiophene rings is 1. The Morgan fingerprint density at radius 1 is 1.20 bits per heavy atom. The topological polar surface area (TPSA) is 24.9 Å². The molecule has 0 saturated carbocycles. The molecule has 0 aliphatic carbocycles. The third-order valence-electron chi connectivity index (χ3n) is 3.35. The van der Waals surface area contributed by atoms with Crippen molar-refractivity contribution in [1.82, 2.24) is 10.3 Å². The molecule has 0 spiro atoms. The lowest BCUT2D eigenvalue weighted by Crippen LogP contribution is -2.13. The summed E-state index contributed by atoms with van der Waals surface area (Å²) in [5.74, 6) is 0. The molecule has 0 aliphatic rings. The molecule has 1 aromatic carbocycles. The molecule has 4 heteroatoms. The van der Waals surface area contributed by atoms with E-state index >= 15 is 0 Å². The predicted molar refractivity (Wildman–Crippen MR) is 86.4 cm³/mol. The van der Waals surface area contributed by atoms with Crippen molar-refractivity contribution in [3.63, 3.8) is 0 Å². The van der Waals surface area contributed by atoms with Gasteiger partial charge in [-0.05, 0) is 30.2 Å². The highest BCUT2D eigenvalue weighted by molar-refractivity contribution is 7.19. The Kier molecular flexibility index (Phi) is 4.01. The van der Waals surface area contributed by atoms with Crippen LogP contribution in [-0.4, -0.2) is 4.98 Å². The largest absolute Gasteiger partial charge is 0.308 e. The van der Waals surface area contributed by atoms with Crippen LogP contribution in [0.25, 0.3) is 10.1 Å². The molecule has 0 amide bonds. The molecule has 3 aromatic rings. The second-order valence-corrected chi connectivity index (χ2v) is 6.26. The third-order valence-corrected chi connectivity index (χ3v) is 5.06. The standard InChI is InChI=1S/C16H15ClN2S/c1-11-6-7-18-8-12(11)9-19-10-15-16(17)13-4-2-3-5-14(13)20-15/h2-8,19H,9-10H2,1H3. The lowest BCUT2D eigenvalue weighted by molar-refractivity contribution is 0.696. The molecule has 0 atom stereocenters. The van der Waals surface area contributed by atoms with E-state index in [4.69, 9.17) is 11.6 Å². The number of nitrogens with zero attached hydrogens (tertiary/aromatic N) is 1.